The molecule has 0 N–H and O–H groups in total. The summed E-state index contributed by atoms with van der Waals surface area (Å²) in [6.07, 6.45) is 3.40. The number of aromatic nitrogens is 1. The van der Waals surface area contributed by atoms with Crippen molar-refractivity contribution in [3.05, 3.63) is 84.1 Å². The highest BCUT2D eigenvalue weighted by atomic mass is 28.4. The molecule has 0 aliphatic carbocycles. The fourth-order valence-corrected chi connectivity index (χ4v) is 7.07. The Hall–Kier alpha value is -3.37. The van der Waals surface area contributed by atoms with Crippen molar-refractivity contribution in [3.8, 4) is 11.3 Å². The van der Waals surface area contributed by atoms with Gasteiger partial charge in [0.05, 0.1) is 5.69 Å². The molecular formula is C27H19F2NSi. The number of benzene rings is 4. The van der Waals surface area contributed by atoms with Gasteiger partial charge in [-0.3, -0.25) is 13.2 Å². The summed E-state index contributed by atoms with van der Waals surface area (Å²) in [6, 6.07) is 17.4. The van der Waals surface area contributed by atoms with Gasteiger partial charge in [0, 0.05) is 27.5 Å². The van der Waals surface area contributed by atoms with Gasteiger partial charge >= 0.3 is 8.74 Å². The van der Waals surface area contributed by atoms with Crippen LogP contribution in [-0.2, 0) is 0 Å². The minimum atomic E-state index is -4.94. The first-order valence-corrected chi connectivity index (χ1v) is 12.1. The van der Waals surface area contributed by atoms with Crippen LogP contribution >= 0.6 is 0 Å². The molecule has 0 saturated heterocycles. The van der Waals surface area contributed by atoms with Gasteiger partial charge in [0.2, 0.25) is 0 Å². The van der Waals surface area contributed by atoms with Crippen LogP contribution in [0.1, 0.15) is 16.7 Å². The molecule has 150 valence electrons. The van der Waals surface area contributed by atoms with Crippen LogP contribution in [0.25, 0.3) is 49.7 Å². The molecule has 0 atom stereocenters. The topological polar surface area (TPSA) is 12.9 Å². The number of hydrogen-bond acceptors (Lipinski definition) is 1. The minimum Gasteiger partial charge on any atom is -0.259 e. The molecule has 4 aromatic carbocycles. The molecule has 1 aliphatic heterocycles. The predicted octanol–water partition coefficient (Wildman–Crippen LogP) is 6.28. The third-order valence-corrected chi connectivity index (χ3v) is 8.74. The van der Waals surface area contributed by atoms with Crippen molar-refractivity contribution in [1.29, 1.82) is 0 Å². The summed E-state index contributed by atoms with van der Waals surface area (Å²) >= 11 is 0. The minimum absolute atomic E-state index is 0.135. The van der Waals surface area contributed by atoms with Crippen LogP contribution in [0.2, 0.25) is 0 Å². The van der Waals surface area contributed by atoms with Gasteiger partial charge in [-0.05, 0) is 76.2 Å². The van der Waals surface area contributed by atoms with E-state index in [0.29, 0.717) is 16.6 Å². The quantitative estimate of drug-likeness (QED) is 0.176. The second kappa shape index (κ2) is 6.08. The zero-order valence-electron chi connectivity index (χ0n) is 17.3. The third-order valence-electron chi connectivity index (χ3n) is 6.58. The van der Waals surface area contributed by atoms with E-state index < -0.39 is 8.74 Å². The molecule has 1 nitrogen and oxygen atoms in total. The number of fused-ring (bicyclic) bond motifs is 6. The average Bonchev–Trinajstić information content (AvgIpc) is 2.76. The lowest BCUT2D eigenvalue weighted by molar-refractivity contribution is 0.655. The highest BCUT2D eigenvalue weighted by molar-refractivity contribution is 6.95. The molecule has 1 aliphatic rings. The molecule has 5 aromatic rings. The summed E-state index contributed by atoms with van der Waals surface area (Å²) in [7, 11) is -4.94. The van der Waals surface area contributed by atoms with E-state index in [1.165, 1.54) is 0 Å². The molecule has 6 rings (SSSR count). The summed E-state index contributed by atoms with van der Waals surface area (Å²) in [5.74, 6) is 0. The maximum absolute atomic E-state index is 16.2. The van der Waals surface area contributed by atoms with Gasteiger partial charge in [-0.1, -0.05) is 48.6 Å². The first-order chi connectivity index (χ1) is 14.9. The van der Waals surface area contributed by atoms with Crippen molar-refractivity contribution < 1.29 is 8.22 Å². The van der Waals surface area contributed by atoms with Crippen LogP contribution in [0.15, 0.2) is 67.4 Å². The van der Waals surface area contributed by atoms with E-state index in [1.807, 2.05) is 26.0 Å². The summed E-state index contributed by atoms with van der Waals surface area (Å²) < 4.78 is 32.4. The maximum Gasteiger partial charge on any atom is 0.488 e. The monoisotopic (exact) mass is 423 g/mol. The zero-order valence-corrected chi connectivity index (χ0v) is 18.3. The lowest BCUT2D eigenvalue weighted by Gasteiger charge is -2.27. The van der Waals surface area contributed by atoms with E-state index in [-0.39, 0.29) is 10.4 Å². The van der Waals surface area contributed by atoms with Gasteiger partial charge in [0.15, 0.2) is 0 Å². The Bertz CT molecular complexity index is 1600. The molecule has 0 spiro atoms. The Labute approximate surface area is 180 Å². The maximum atomic E-state index is 16.2. The van der Waals surface area contributed by atoms with Crippen molar-refractivity contribution >= 4 is 57.5 Å². The average molecular weight is 424 g/mol. The largest absolute Gasteiger partial charge is 0.488 e. The molecular weight excluding hydrogens is 404 g/mol. The van der Waals surface area contributed by atoms with Gasteiger partial charge in [-0.15, -0.1) is 0 Å². The van der Waals surface area contributed by atoms with Crippen molar-refractivity contribution in [1.82, 2.24) is 4.98 Å². The smallest absolute Gasteiger partial charge is 0.259 e. The number of hydrogen-bond donors (Lipinski definition) is 0. The van der Waals surface area contributed by atoms with Gasteiger partial charge in [0.25, 0.3) is 0 Å². The first kappa shape index (κ1) is 18.4. The van der Waals surface area contributed by atoms with E-state index >= 15 is 8.22 Å². The standard InChI is InChI=1S/C27H19F2NSi/c1-4-17-13-24-23(12-16(17)3)27-26-20(9-10-30-27)19-8-7-18-6-5-15(2)11-21(18)22(19)14-25(26)31(24,28)29/h4-14H,1H2,2-3H3. The SMILES string of the molecule is C=Cc1cc2c(cc1C)-c1nccc3c1c(cc1c4cc(C)ccc4ccc31)[Si]2(F)F. The van der Waals surface area contributed by atoms with Crippen LogP contribution in [0.3, 0.4) is 0 Å². The Morgan fingerprint density at radius 1 is 0.839 bits per heavy atom. The fourth-order valence-electron chi connectivity index (χ4n) is 5.02. The molecule has 1 aromatic heterocycles. The zero-order chi connectivity index (χ0) is 21.5. The van der Waals surface area contributed by atoms with Crippen molar-refractivity contribution in [2.75, 3.05) is 0 Å². The van der Waals surface area contributed by atoms with Crippen LogP contribution < -0.4 is 10.4 Å². The van der Waals surface area contributed by atoms with Crippen LogP contribution in [0.5, 0.6) is 0 Å². The van der Waals surface area contributed by atoms with Gasteiger partial charge < -0.3 is 0 Å². The first-order valence-electron chi connectivity index (χ1n) is 10.3. The Morgan fingerprint density at radius 3 is 2.45 bits per heavy atom. The summed E-state index contributed by atoms with van der Waals surface area (Å²) in [4.78, 5) is 4.59. The van der Waals surface area contributed by atoms with Gasteiger partial charge in [0.1, 0.15) is 0 Å². The molecule has 0 bridgehead atoms. The van der Waals surface area contributed by atoms with E-state index in [1.54, 1.807) is 24.4 Å². The lowest BCUT2D eigenvalue weighted by Crippen LogP contribution is -2.54. The summed E-state index contributed by atoms with van der Waals surface area (Å²) in [6.45, 7) is 7.77. The van der Waals surface area contributed by atoms with Crippen molar-refractivity contribution in [2.24, 2.45) is 0 Å². The van der Waals surface area contributed by atoms with E-state index in [2.05, 4.69) is 41.9 Å². The van der Waals surface area contributed by atoms with E-state index in [4.69, 9.17) is 0 Å². The van der Waals surface area contributed by atoms with E-state index in [0.717, 1.165) is 43.6 Å². The van der Waals surface area contributed by atoms with Gasteiger partial charge in [-0.25, -0.2) is 0 Å². The lowest BCUT2D eigenvalue weighted by atomic mass is 9.93. The highest BCUT2D eigenvalue weighted by Gasteiger charge is 2.48. The Morgan fingerprint density at radius 2 is 1.65 bits per heavy atom. The number of rotatable bonds is 1. The summed E-state index contributed by atoms with van der Waals surface area (Å²) in [5.41, 5.74) is 4.02. The number of pyridine rings is 1. The molecule has 0 fully saturated rings. The van der Waals surface area contributed by atoms with Crippen LogP contribution in [0, 0.1) is 13.8 Å². The van der Waals surface area contributed by atoms with Gasteiger partial charge in [-0.2, -0.15) is 0 Å². The van der Waals surface area contributed by atoms with Crippen molar-refractivity contribution in [3.63, 3.8) is 0 Å². The molecule has 0 unspecified atom stereocenters. The molecule has 0 radical (unpaired) electrons. The van der Waals surface area contributed by atoms with Crippen LogP contribution in [-0.4, -0.2) is 13.7 Å². The molecule has 4 heteroatoms. The highest BCUT2D eigenvalue weighted by Crippen LogP contribution is 2.39. The van der Waals surface area contributed by atoms with Crippen LogP contribution in [0.4, 0.5) is 8.22 Å². The number of aryl methyl sites for hydroxylation is 2. The second-order valence-electron chi connectivity index (χ2n) is 8.42. The Kier molecular flexibility index (Phi) is 3.61. The number of halogens is 2. The molecule has 0 amide bonds. The normalized spacial score (nSPS) is 14.2. The second-order valence-corrected chi connectivity index (χ2v) is 10.7. The Balaban J connectivity index is 1.85. The number of nitrogens with zero attached hydrogens (tertiary/aromatic N) is 1. The van der Waals surface area contributed by atoms with Crippen molar-refractivity contribution in [2.45, 2.75) is 13.8 Å². The molecule has 2 heterocycles. The predicted molar refractivity (Wildman–Crippen MR) is 129 cm³/mol. The molecule has 0 saturated carbocycles. The third kappa shape index (κ3) is 2.37. The van der Waals surface area contributed by atoms with E-state index in [9.17, 15) is 0 Å². The fraction of sp³-hybridized carbons (Fsp3) is 0.0741. The summed E-state index contributed by atoms with van der Waals surface area (Å²) in [5, 5.41) is 5.71. The molecule has 31 heavy (non-hydrogen) atoms.